The van der Waals surface area contributed by atoms with E-state index in [2.05, 4.69) is 5.32 Å². The molecule has 0 aromatic carbocycles. The summed E-state index contributed by atoms with van der Waals surface area (Å²) in [6.45, 7) is 3.59. The third-order valence-corrected chi connectivity index (χ3v) is 2.46. The molecule has 2 atom stereocenters. The summed E-state index contributed by atoms with van der Waals surface area (Å²) in [7, 11) is 0. The fraction of sp³-hybridized carbons (Fsp3) is 0.857. The third kappa shape index (κ3) is 1.35. The van der Waals surface area contributed by atoms with Gasteiger partial charge in [-0.1, -0.05) is 0 Å². The van der Waals surface area contributed by atoms with E-state index in [9.17, 15) is 4.79 Å². The lowest BCUT2D eigenvalue weighted by molar-refractivity contribution is -0.130. The van der Waals surface area contributed by atoms with Gasteiger partial charge < -0.3 is 10.2 Å². The molecule has 2 bridgehead atoms. The van der Waals surface area contributed by atoms with E-state index in [0.29, 0.717) is 12.1 Å². The van der Waals surface area contributed by atoms with Crippen molar-refractivity contribution < 1.29 is 4.79 Å². The number of halogens is 1. The van der Waals surface area contributed by atoms with Crippen LogP contribution in [-0.2, 0) is 4.79 Å². The van der Waals surface area contributed by atoms with Gasteiger partial charge in [0.1, 0.15) is 0 Å². The van der Waals surface area contributed by atoms with Crippen molar-refractivity contribution in [1.82, 2.24) is 10.2 Å². The number of fused-ring (bicyclic) bond motifs is 2. The summed E-state index contributed by atoms with van der Waals surface area (Å²) in [5, 5.41) is 3.35. The Kier molecular flexibility index (Phi) is 2.40. The molecule has 2 saturated heterocycles. The highest BCUT2D eigenvalue weighted by Crippen LogP contribution is 2.22. The monoisotopic (exact) mass is 176 g/mol. The second kappa shape index (κ2) is 2.99. The lowest BCUT2D eigenvalue weighted by Crippen LogP contribution is -2.45. The Morgan fingerprint density at radius 2 is 2.36 bits per heavy atom. The van der Waals surface area contributed by atoms with E-state index in [1.165, 1.54) is 6.42 Å². The topological polar surface area (TPSA) is 32.3 Å². The van der Waals surface area contributed by atoms with Crippen molar-refractivity contribution in [3.63, 3.8) is 0 Å². The fourth-order valence-corrected chi connectivity index (χ4v) is 1.95. The van der Waals surface area contributed by atoms with Gasteiger partial charge in [-0.25, -0.2) is 0 Å². The summed E-state index contributed by atoms with van der Waals surface area (Å²) >= 11 is 0. The van der Waals surface area contributed by atoms with E-state index in [1.54, 1.807) is 6.92 Å². The van der Waals surface area contributed by atoms with Gasteiger partial charge in [0, 0.05) is 32.1 Å². The van der Waals surface area contributed by atoms with Gasteiger partial charge in [-0.2, -0.15) is 0 Å². The summed E-state index contributed by atoms with van der Waals surface area (Å²) in [6.07, 6.45) is 1.17. The standard InChI is InChI=1S/C7H12N2O.ClH/c1-5(10)9-4-6-2-7(9)3-8-6;/h6-8H,2-4H2,1H3;1H. The third-order valence-electron chi connectivity index (χ3n) is 2.46. The lowest BCUT2D eigenvalue weighted by Gasteiger charge is -2.25. The zero-order chi connectivity index (χ0) is 7.14. The number of rotatable bonds is 0. The van der Waals surface area contributed by atoms with Crippen LogP contribution in [0.1, 0.15) is 13.3 Å². The number of hydrogen-bond acceptors (Lipinski definition) is 2. The quantitative estimate of drug-likeness (QED) is 0.564. The summed E-state index contributed by atoms with van der Waals surface area (Å²) < 4.78 is 0. The molecule has 2 heterocycles. The van der Waals surface area contributed by atoms with E-state index < -0.39 is 0 Å². The van der Waals surface area contributed by atoms with Crippen LogP contribution in [-0.4, -0.2) is 36.0 Å². The first-order chi connectivity index (χ1) is 4.77. The SMILES string of the molecule is CC(=O)N1CC2CC1CN2.Cl. The maximum atomic E-state index is 10.9. The number of amides is 1. The first-order valence-electron chi connectivity index (χ1n) is 3.78. The first kappa shape index (κ1) is 8.81. The van der Waals surface area contributed by atoms with Crippen LogP contribution in [0.4, 0.5) is 0 Å². The van der Waals surface area contributed by atoms with Crippen molar-refractivity contribution in [3.05, 3.63) is 0 Å². The molecule has 0 aromatic rings. The van der Waals surface area contributed by atoms with Crippen LogP contribution in [0.25, 0.3) is 0 Å². The molecule has 0 spiro atoms. The van der Waals surface area contributed by atoms with E-state index >= 15 is 0 Å². The molecule has 11 heavy (non-hydrogen) atoms. The van der Waals surface area contributed by atoms with Gasteiger partial charge in [-0.05, 0) is 6.42 Å². The highest BCUT2D eigenvalue weighted by molar-refractivity contribution is 5.85. The van der Waals surface area contributed by atoms with Crippen LogP contribution in [0.2, 0.25) is 0 Å². The minimum absolute atomic E-state index is 0. The van der Waals surface area contributed by atoms with E-state index in [1.807, 2.05) is 4.90 Å². The van der Waals surface area contributed by atoms with Crippen molar-refractivity contribution in [2.75, 3.05) is 13.1 Å². The highest BCUT2D eigenvalue weighted by Gasteiger charge is 2.38. The number of nitrogens with one attached hydrogen (secondary N) is 1. The fourth-order valence-electron chi connectivity index (χ4n) is 1.95. The molecule has 2 aliphatic heterocycles. The minimum Gasteiger partial charge on any atom is -0.337 e. The van der Waals surface area contributed by atoms with E-state index in [0.717, 1.165) is 13.1 Å². The number of nitrogens with zero attached hydrogens (tertiary/aromatic N) is 1. The van der Waals surface area contributed by atoms with Crippen LogP contribution < -0.4 is 5.32 Å². The summed E-state index contributed by atoms with van der Waals surface area (Å²) in [5.41, 5.74) is 0. The first-order valence-corrected chi connectivity index (χ1v) is 3.78. The Labute approximate surface area is 72.5 Å². The molecule has 64 valence electrons. The smallest absolute Gasteiger partial charge is 0.219 e. The normalized spacial score (nSPS) is 33.7. The molecule has 2 unspecified atom stereocenters. The Morgan fingerprint density at radius 3 is 2.64 bits per heavy atom. The van der Waals surface area contributed by atoms with Gasteiger partial charge in [-0.3, -0.25) is 4.79 Å². The molecule has 0 aromatic heterocycles. The Morgan fingerprint density at radius 1 is 1.64 bits per heavy atom. The van der Waals surface area contributed by atoms with E-state index in [4.69, 9.17) is 0 Å². The maximum absolute atomic E-state index is 10.9. The zero-order valence-corrected chi connectivity index (χ0v) is 7.36. The molecular formula is C7H13ClN2O. The van der Waals surface area contributed by atoms with Crippen molar-refractivity contribution in [2.24, 2.45) is 0 Å². The molecule has 2 fully saturated rings. The van der Waals surface area contributed by atoms with Gasteiger partial charge in [0.25, 0.3) is 0 Å². The maximum Gasteiger partial charge on any atom is 0.219 e. The van der Waals surface area contributed by atoms with Crippen LogP contribution in [0, 0.1) is 0 Å². The predicted octanol–water partition coefficient (Wildman–Crippen LogP) is 0.000800. The van der Waals surface area contributed by atoms with Crippen LogP contribution >= 0.6 is 12.4 Å². The second-order valence-electron chi connectivity index (χ2n) is 3.17. The van der Waals surface area contributed by atoms with Gasteiger partial charge in [-0.15, -0.1) is 12.4 Å². The van der Waals surface area contributed by atoms with Gasteiger partial charge in [0.05, 0.1) is 0 Å². The molecule has 1 N–H and O–H groups in total. The summed E-state index contributed by atoms with van der Waals surface area (Å²) in [6, 6.07) is 1.09. The molecule has 0 radical (unpaired) electrons. The van der Waals surface area contributed by atoms with Crippen molar-refractivity contribution in [3.8, 4) is 0 Å². The van der Waals surface area contributed by atoms with Gasteiger partial charge >= 0.3 is 0 Å². The highest BCUT2D eigenvalue weighted by atomic mass is 35.5. The average molecular weight is 177 g/mol. The lowest BCUT2D eigenvalue weighted by atomic mass is 10.2. The number of likely N-dealkylation sites (tertiary alicyclic amines) is 1. The number of carbonyl (C=O) groups is 1. The summed E-state index contributed by atoms with van der Waals surface area (Å²) in [4.78, 5) is 12.9. The minimum atomic E-state index is 0. The van der Waals surface area contributed by atoms with Crippen LogP contribution in [0.15, 0.2) is 0 Å². The molecule has 1 amide bonds. The van der Waals surface area contributed by atoms with Gasteiger partial charge in [0.2, 0.25) is 5.91 Å². The van der Waals surface area contributed by atoms with Crippen LogP contribution in [0.5, 0.6) is 0 Å². The van der Waals surface area contributed by atoms with Crippen molar-refractivity contribution >= 4 is 18.3 Å². The Balaban J connectivity index is 0.000000605. The summed E-state index contributed by atoms with van der Waals surface area (Å²) in [5.74, 6) is 0.231. The Hall–Kier alpha value is -0.280. The zero-order valence-electron chi connectivity index (χ0n) is 6.54. The Bertz CT molecular complexity index is 174. The number of piperazine rings is 1. The predicted molar refractivity (Wildman–Crippen MR) is 44.8 cm³/mol. The molecule has 3 nitrogen and oxygen atoms in total. The largest absolute Gasteiger partial charge is 0.337 e. The van der Waals surface area contributed by atoms with Crippen molar-refractivity contribution in [1.29, 1.82) is 0 Å². The molecule has 2 rings (SSSR count). The molecular weight excluding hydrogens is 164 g/mol. The average Bonchev–Trinajstić information content (AvgIpc) is 2.44. The van der Waals surface area contributed by atoms with Gasteiger partial charge in [0.15, 0.2) is 0 Å². The van der Waals surface area contributed by atoms with E-state index in [-0.39, 0.29) is 18.3 Å². The molecule has 0 aliphatic carbocycles. The second-order valence-corrected chi connectivity index (χ2v) is 3.17. The molecule has 4 heteroatoms. The molecule has 2 aliphatic rings. The number of hydrogen-bond donors (Lipinski definition) is 1. The van der Waals surface area contributed by atoms with Crippen molar-refractivity contribution in [2.45, 2.75) is 25.4 Å². The molecule has 0 saturated carbocycles. The van der Waals surface area contributed by atoms with Crippen LogP contribution in [0.3, 0.4) is 0 Å². The number of carbonyl (C=O) groups excluding carboxylic acids is 1.